The summed E-state index contributed by atoms with van der Waals surface area (Å²) in [7, 11) is 3.19. The molecule has 0 fully saturated rings. The minimum absolute atomic E-state index is 0.0709. The largest absolute Gasteiger partial charge is 0.497 e. The molecule has 4 nitrogen and oxygen atoms in total. The molecule has 0 unspecified atom stereocenters. The summed E-state index contributed by atoms with van der Waals surface area (Å²) in [5, 5.41) is 2.94. The van der Waals surface area contributed by atoms with Gasteiger partial charge in [-0.15, -0.1) is 11.3 Å². The first-order valence-electron chi connectivity index (χ1n) is 7.85. The standard InChI is InChI=1S/C18H21NO3S/c1-21-14-9-13(10-15(11-14)22-2)19-18(20)17-8-12-6-4-3-5-7-16(12)23-17/h8-11H,3-7H2,1-2H3,(H,19,20). The highest BCUT2D eigenvalue weighted by molar-refractivity contribution is 7.14. The molecule has 0 spiro atoms. The summed E-state index contributed by atoms with van der Waals surface area (Å²) >= 11 is 1.62. The van der Waals surface area contributed by atoms with E-state index in [1.807, 2.05) is 0 Å². The molecule has 1 aliphatic rings. The van der Waals surface area contributed by atoms with Crippen molar-refractivity contribution in [1.82, 2.24) is 0 Å². The van der Waals surface area contributed by atoms with E-state index in [4.69, 9.17) is 9.47 Å². The van der Waals surface area contributed by atoms with Crippen LogP contribution in [0.4, 0.5) is 5.69 Å². The third-order valence-electron chi connectivity index (χ3n) is 4.08. The minimum Gasteiger partial charge on any atom is -0.497 e. The number of aryl methyl sites for hydroxylation is 2. The van der Waals surface area contributed by atoms with Crippen LogP contribution >= 0.6 is 11.3 Å². The van der Waals surface area contributed by atoms with E-state index in [1.165, 1.54) is 29.7 Å². The van der Waals surface area contributed by atoms with E-state index in [9.17, 15) is 4.79 Å². The summed E-state index contributed by atoms with van der Waals surface area (Å²) in [5.74, 6) is 1.24. The first kappa shape index (κ1) is 15.9. The third kappa shape index (κ3) is 3.67. The summed E-state index contributed by atoms with van der Waals surface area (Å²) in [4.78, 5) is 14.7. The van der Waals surface area contributed by atoms with Crippen LogP contribution in [0.3, 0.4) is 0 Å². The number of carbonyl (C=O) groups is 1. The van der Waals surface area contributed by atoms with Gasteiger partial charge < -0.3 is 14.8 Å². The zero-order valence-corrected chi connectivity index (χ0v) is 14.3. The molecule has 1 aromatic heterocycles. The second kappa shape index (κ2) is 7.04. The van der Waals surface area contributed by atoms with Crippen molar-refractivity contribution in [3.05, 3.63) is 39.6 Å². The number of ether oxygens (including phenoxy) is 2. The van der Waals surface area contributed by atoms with Crippen LogP contribution in [-0.4, -0.2) is 20.1 Å². The number of thiophene rings is 1. The number of hydrogen-bond donors (Lipinski definition) is 1. The lowest BCUT2D eigenvalue weighted by atomic mass is 10.1. The Kier molecular flexibility index (Phi) is 4.86. The zero-order valence-electron chi connectivity index (χ0n) is 13.5. The molecule has 1 amide bonds. The quantitative estimate of drug-likeness (QED) is 0.850. The van der Waals surface area contributed by atoms with Crippen molar-refractivity contribution in [1.29, 1.82) is 0 Å². The summed E-state index contributed by atoms with van der Waals surface area (Å²) in [6.07, 6.45) is 5.92. The van der Waals surface area contributed by atoms with Gasteiger partial charge in [-0.3, -0.25) is 4.79 Å². The van der Waals surface area contributed by atoms with Gasteiger partial charge in [-0.2, -0.15) is 0 Å². The van der Waals surface area contributed by atoms with Gasteiger partial charge in [0.1, 0.15) is 11.5 Å². The molecular weight excluding hydrogens is 310 g/mol. The van der Waals surface area contributed by atoms with Crippen LogP contribution in [0.25, 0.3) is 0 Å². The Labute approximate surface area is 140 Å². The van der Waals surface area contributed by atoms with E-state index in [0.717, 1.165) is 17.7 Å². The smallest absolute Gasteiger partial charge is 0.265 e. The highest BCUT2D eigenvalue weighted by Crippen LogP contribution is 2.30. The second-order valence-corrected chi connectivity index (χ2v) is 6.81. The Hall–Kier alpha value is -2.01. The first-order chi connectivity index (χ1) is 11.2. The summed E-state index contributed by atoms with van der Waals surface area (Å²) in [6, 6.07) is 7.42. The number of amides is 1. The molecule has 0 saturated carbocycles. The summed E-state index contributed by atoms with van der Waals surface area (Å²) < 4.78 is 10.5. The molecule has 0 saturated heterocycles. The van der Waals surface area contributed by atoms with E-state index in [2.05, 4.69) is 11.4 Å². The number of nitrogens with one attached hydrogen (secondary N) is 1. The van der Waals surface area contributed by atoms with E-state index >= 15 is 0 Å². The number of anilines is 1. The lowest BCUT2D eigenvalue weighted by molar-refractivity contribution is 0.103. The average Bonchev–Trinajstić information content (AvgIpc) is 2.85. The molecule has 3 rings (SSSR count). The Morgan fingerprint density at radius 1 is 1.00 bits per heavy atom. The maximum Gasteiger partial charge on any atom is 0.265 e. The molecule has 2 aromatic rings. The maximum atomic E-state index is 12.5. The number of hydrogen-bond acceptors (Lipinski definition) is 4. The number of benzene rings is 1. The van der Waals surface area contributed by atoms with Crippen LogP contribution in [0, 0.1) is 0 Å². The van der Waals surface area contributed by atoms with Crippen LogP contribution < -0.4 is 14.8 Å². The molecule has 122 valence electrons. The molecule has 0 aliphatic heterocycles. The Morgan fingerprint density at radius 3 is 2.39 bits per heavy atom. The number of carbonyl (C=O) groups excluding carboxylic acids is 1. The number of methoxy groups -OCH3 is 2. The van der Waals surface area contributed by atoms with E-state index in [1.54, 1.807) is 43.8 Å². The fourth-order valence-electron chi connectivity index (χ4n) is 2.85. The Bertz CT molecular complexity index is 663. The molecule has 0 bridgehead atoms. The third-order valence-corrected chi connectivity index (χ3v) is 5.32. The Morgan fingerprint density at radius 2 is 1.70 bits per heavy atom. The van der Waals surface area contributed by atoms with Crippen LogP contribution in [0.2, 0.25) is 0 Å². The molecule has 1 aromatic carbocycles. The van der Waals surface area contributed by atoms with Crippen LogP contribution in [0.1, 0.15) is 39.4 Å². The lowest BCUT2D eigenvalue weighted by Crippen LogP contribution is -2.10. The molecular formula is C18H21NO3S. The van der Waals surface area contributed by atoms with Crippen molar-refractivity contribution in [3.63, 3.8) is 0 Å². The van der Waals surface area contributed by atoms with Crippen molar-refractivity contribution in [2.75, 3.05) is 19.5 Å². The highest BCUT2D eigenvalue weighted by atomic mass is 32.1. The van der Waals surface area contributed by atoms with Gasteiger partial charge in [0, 0.05) is 28.8 Å². The summed E-state index contributed by atoms with van der Waals surface area (Å²) in [6.45, 7) is 0. The molecule has 1 N–H and O–H groups in total. The normalized spacial score (nSPS) is 13.8. The van der Waals surface area contributed by atoms with E-state index in [0.29, 0.717) is 17.2 Å². The highest BCUT2D eigenvalue weighted by Gasteiger charge is 2.17. The van der Waals surface area contributed by atoms with Gasteiger partial charge in [0.15, 0.2) is 0 Å². The topological polar surface area (TPSA) is 47.6 Å². The van der Waals surface area contributed by atoms with Crippen LogP contribution in [0.15, 0.2) is 24.3 Å². The Balaban J connectivity index is 1.79. The van der Waals surface area contributed by atoms with Crippen molar-refractivity contribution in [2.24, 2.45) is 0 Å². The minimum atomic E-state index is -0.0709. The average molecular weight is 331 g/mol. The van der Waals surface area contributed by atoms with Gasteiger partial charge in [0.25, 0.3) is 5.91 Å². The molecule has 23 heavy (non-hydrogen) atoms. The SMILES string of the molecule is COc1cc(NC(=O)c2cc3c(s2)CCCCC3)cc(OC)c1. The molecule has 1 aliphatic carbocycles. The monoisotopic (exact) mass is 331 g/mol. The van der Waals surface area contributed by atoms with Gasteiger partial charge >= 0.3 is 0 Å². The van der Waals surface area contributed by atoms with Crippen molar-refractivity contribution < 1.29 is 14.3 Å². The first-order valence-corrected chi connectivity index (χ1v) is 8.67. The van der Waals surface area contributed by atoms with Crippen molar-refractivity contribution in [3.8, 4) is 11.5 Å². The van der Waals surface area contributed by atoms with Crippen LogP contribution in [0.5, 0.6) is 11.5 Å². The lowest BCUT2D eigenvalue weighted by Gasteiger charge is -2.09. The fraction of sp³-hybridized carbons (Fsp3) is 0.389. The second-order valence-electron chi connectivity index (χ2n) is 5.68. The predicted molar refractivity (Wildman–Crippen MR) is 93.1 cm³/mol. The van der Waals surface area contributed by atoms with Gasteiger partial charge in [-0.1, -0.05) is 6.42 Å². The number of fused-ring (bicyclic) bond motifs is 1. The molecule has 0 atom stereocenters. The zero-order chi connectivity index (χ0) is 16.2. The molecule has 0 radical (unpaired) electrons. The van der Waals surface area contributed by atoms with E-state index < -0.39 is 0 Å². The van der Waals surface area contributed by atoms with E-state index in [-0.39, 0.29) is 5.91 Å². The van der Waals surface area contributed by atoms with Gasteiger partial charge in [0.05, 0.1) is 19.1 Å². The maximum absolute atomic E-state index is 12.5. The molecule has 5 heteroatoms. The predicted octanol–water partition coefficient (Wildman–Crippen LogP) is 4.29. The molecule has 1 heterocycles. The van der Waals surface area contributed by atoms with Crippen molar-refractivity contribution in [2.45, 2.75) is 32.1 Å². The number of rotatable bonds is 4. The van der Waals surface area contributed by atoms with Crippen molar-refractivity contribution >= 4 is 22.9 Å². The summed E-state index contributed by atoms with van der Waals surface area (Å²) in [5.41, 5.74) is 2.02. The van der Waals surface area contributed by atoms with Crippen LogP contribution in [-0.2, 0) is 12.8 Å². The van der Waals surface area contributed by atoms with Gasteiger partial charge in [-0.25, -0.2) is 0 Å². The van der Waals surface area contributed by atoms with Gasteiger partial charge in [-0.05, 0) is 37.3 Å². The fourth-order valence-corrected chi connectivity index (χ4v) is 4.00. The van der Waals surface area contributed by atoms with Gasteiger partial charge in [0.2, 0.25) is 0 Å².